The van der Waals surface area contributed by atoms with Crippen molar-refractivity contribution in [3.8, 4) is 0 Å². The Balaban J connectivity index is 2.42. The fourth-order valence-electron chi connectivity index (χ4n) is 1.73. The van der Waals surface area contributed by atoms with E-state index in [4.69, 9.17) is 21.4 Å². The van der Waals surface area contributed by atoms with Gasteiger partial charge in [-0.05, 0) is 22.6 Å². The Kier molecular flexibility index (Phi) is 4.11. The minimum atomic E-state index is -1.09. The number of hydrogen-bond acceptors (Lipinski definition) is 5. The van der Waals surface area contributed by atoms with Crippen LogP contribution in [0.15, 0.2) is 15.8 Å². The van der Waals surface area contributed by atoms with Crippen LogP contribution in [0.4, 0.5) is 0 Å². The Morgan fingerprint density at radius 1 is 1.56 bits per heavy atom. The lowest BCUT2D eigenvalue weighted by Crippen LogP contribution is -2.36. The van der Waals surface area contributed by atoms with E-state index < -0.39 is 41.7 Å². The molecule has 100 valence electrons. The second kappa shape index (κ2) is 5.29. The van der Waals surface area contributed by atoms with Gasteiger partial charge in [-0.25, -0.2) is 4.79 Å². The normalized spacial score (nSPS) is 31.8. The number of ether oxygens (including phenoxy) is 1. The fraction of sp³-hybridized carbons (Fsp3) is 0.556. The number of aromatic nitrogens is 2. The molecular weight excluding hydrogens is 378 g/mol. The highest BCUT2D eigenvalue weighted by Gasteiger charge is 2.43. The third-order valence-electron chi connectivity index (χ3n) is 2.67. The van der Waals surface area contributed by atoms with Gasteiger partial charge in [0.05, 0.1) is 10.2 Å². The number of hydrogen-bond donors (Lipinski definition) is 3. The van der Waals surface area contributed by atoms with Crippen molar-refractivity contribution in [1.29, 1.82) is 0 Å². The summed E-state index contributed by atoms with van der Waals surface area (Å²) in [5.41, 5.74) is -1.18. The van der Waals surface area contributed by atoms with Crippen molar-refractivity contribution in [3.63, 3.8) is 0 Å². The van der Waals surface area contributed by atoms with Crippen molar-refractivity contribution in [2.45, 2.75) is 23.8 Å². The van der Waals surface area contributed by atoms with Crippen molar-refractivity contribution in [3.05, 3.63) is 30.6 Å². The molecule has 1 fully saturated rings. The monoisotopic (exact) mass is 388 g/mol. The zero-order chi connectivity index (χ0) is 13.4. The Morgan fingerprint density at radius 3 is 2.78 bits per heavy atom. The molecule has 0 aromatic carbocycles. The molecule has 7 nitrogen and oxygen atoms in total. The number of nitrogens with zero attached hydrogens (tertiary/aromatic N) is 1. The molecule has 1 aromatic rings. The number of alkyl halides is 1. The average Bonchev–Trinajstić information content (AvgIpc) is 2.61. The van der Waals surface area contributed by atoms with Gasteiger partial charge in [-0.15, -0.1) is 11.6 Å². The molecule has 0 bridgehead atoms. The highest BCUT2D eigenvalue weighted by molar-refractivity contribution is 14.1. The molecule has 1 aromatic heterocycles. The van der Waals surface area contributed by atoms with E-state index in [1.54, 1.807) is 22.6 Å². The van der Waals surface area contributed by atoms with Gasteiger partial charge in [0.15, 0.2) is 6.23 Å². The van der Waals surface area contributed by atoms with Crippen LogP contribution in [0.5, 0.6) is 0 Å². The van der Waals surface area contributed by atoms with Gasteiger partial charge in [-0.2, -0.15) is 0 Å². The first-order valence-electron chi connectivity index (χ1n) is 5.05. The van der Waals surface area contributed by atoms with Gasteiger partial charge in [-0.1, -0.05) is 0 Å². The molecule has 1 saturated heterocycles. The van der Waals surface area contributed by atoms with E-state index in [1.807, 2.05) is 0 Å². The van der Waals surface area contributed by atoms with Crippen LogP contribution in [-0.2, 0) is 4.74 Å². The molecule has 0 amide bonds. The maximum absolute atomic E-state index is 11.6. The minimum Gasteiger partial charge on any atom is -0.394 e. The number of halogens is 2. The summed E-state index contributed by atoms with van der Waals surface area (Å²) in [4.78, 5) is 25.0. The lowest BCUT2D eigenvalue weighted by molar-refractivity contribution is -0.0458. The van der Waals surface area contributed by atoms with E-state index in [0.29, 0.717) is 3.57 Å². The van der Waals surface area contributed by atoms with Gasteiger partial charge in [0.1, 0.15) is 17.6 Å². The van der Waals surface area contributed by atoms with Crippen LogP contribution in [-0.4, -0.2) is 44.0 Å². The van der Waals surface area contributed by atoms with E-state index in [0.717, 1.165) is 4.57 Å². The molecule has 0 radical (unpaired) electrons. The largest absolute Gasteiger partial charge is 0.394 e. The Bertz CT molecular complexity index is 559. The Hall–Kier alpha value is -0.420. The second-order valence-electron chi connectivity index (χ2n) is 3.83. The zero-order valence-corrected chi connectivity index (χ0v) is 11.8. The van der Waals surface area contributed by atoms with Crippen LogP contribution in [0.25, 0.3) is 0 Å². The van der Waals surface area contributed by atoms with Gasteiger partial charge >= 0.3 is 5.69 Å². The van der Waals surface area contributed by atoms with E-state index in [9.17, 15) is 14.7 Å². The van der Waals surface area contributed by atoms with Gasteiger partial charge in [-0.3, -0.25) is 14.3 Å². The molecule has 2 rings (SSSR count). The van der Waals surface area contributed by atoms with Crippen molar-refractivity contribution in [2.24, 2.45) is 0 Å². The fourth-order valence-corrected chi connectivity index (χ4v) is 2.51. The first kappa shape index (κ1) is 14.0. The van der Waals surface area contributed by atoms with Crippen molar-refractivity contribution in [1.82, 2.24) is 9.55 Å². The molecule has 0 unspecified atom stereocenters. The molecule has 0 saturated carbocycles. The van der Waals surface area contributed by atoms with E-state index in [2.05, 4.69) is 4.98 Å². The first-order chi connectivity index (χ1) is 8.45. The van der Waals surface area contributed by atoms with Crippen LogP contribution in [0.2, 0.25) is 0 Å². The third kappa shape index (κ3) is 2.35. The summed E-state index contributed by atoms with van der Waals surface area (Å²) >= 11 is 7.73. The van der Waals surface area contributed by atoms with Crippen molar-refractivity contribution < 1.29 is 14.9 Å². The van der Waals surface area contributed by atoms with Gasteiger partial charge < -0.3 is 14.9 Å². The van der Waals surface area contributed by atoms with E-state index >= 15 is 0 Å². The summed E-state index contributed by atoms with van der Waals surface area (Å²) in [7, 11) is 0. The predicted octanol–water partition coefficient (Wildman–Crippen LogP) is -1.00. The van der Waals surface area contributed by atoms with Gasteiger partial charge in [0.25, 0.3) is 5.56 Å². The molecule has 1 aliphatic heterocycles. The molecule has 3 N–H and O–H groups in total. The van der Waals surface area contributed by atoms with Gasteiger partial charge in [0.2, 0.25) is 0 Å². The van der Waals surface area contributed by atoms with Crippen molar-refractivity contribution >= 4 is 34.2 Å². The zero-order valence-electron chi connectivity index (χ0n) is 8.92. The standard InChI is InChI=1S/C9H10ClIN2O5/c10-5-6(15)4(2-14)18-8(5)13-1-3(11)7(16)12-9(13)17/h1,4-6,8,14-15H,2H2,(H,12,16,17)/t4-,5-,6-,8-/m0/s1. The quantitative estimate of drug-likeness (QED) is 0.445. The number of H-pyrrole nitrogens is 1. The summed E-state index contributed by atoms with van der Waals surface area (Å²) in [5, 5.41) is 17.8. The number of rotatable bonds is 2. The lowest BCUT2D eigenvalue weighted by Gasteiger charge is -2.16. The topological polar surface area (TPSA) is 105 Å². The average molecular weight is 389 g/mol. The number of aliphatic hydroxyl groups excluding tert-OH is 2. The molecule has 0 spiro atoms. The van der Waals surface area contributed by atoms with Crippen molar-refractivity contribution in [2.75, 3.05) is 6.61 Å². The molecule has 18 heavy (non-hydrogen) atoms. The van der Waals surface area contributed by atoms with E-state index in [1.165, 1.54) is 6.20 Å². The second-order valence-corrected chi connectivity index (χ2v) is 5.49. The van der Waals surface area contributed by atoms with Crippen LogP contribution in [0.3, 0.4) is 0 Å². The summed E-state index contributed by atoms with van der Waals surface area (Å²) in [6.07, 6.45) is -1.57. The summed E-state index contributed by atoms with van der Waals surface area (Å²) < 4.78 is 6.69. The summed E-state index contributed by atoms with van der Waals surface area (Å²) in [6.45, 7) is -0.407. The smallest absolute Gasteiger partial charge is 0.330 e. The van der Waals surface area contributed by atoms with Crippen LogP contribution >= 0.6 is 34.2 Å². The maximum Gasteiger partial charge on any atom is 0.330 e. The minimum absolute atomic E-state index is 0.293. The lowest BCUT2D eigenvalue weighted by atomic mass is 10.2. The Labute approximate surface area is 119 Å². The SMILES string of the molecule is O=c1[nH]c(=O)n([C@H]2O[C@@H](CO)[C@H](O)[C@@H]2Cl)cc1I. The van der Waals surface area contributed by atoms with Gasteiger partial charge in [0, 0.05) is 6.20 Å². The predicted molar refractivity (Wildman–Crippen MR) is 70.7 cm³/mol. The Morgan fingerprint density at radius 2 is 2.22 bits per heavy atom. The van der Waals surface area contributed by atoms with Crippen LogP contribution in [0.1, 0.15) is 6.23 Å². The number of aliphatic hydroxyl groups is 2. The summed E-state index contributed by atoms with van der Waals surface area (Å²) in [6, 6.07) is 0. The van der Waals surface area contributed by atoms with Crippen LogP contribution < -0.4 is 11.2 Å². The molecule has 2 heterocycles. The highest BCUT2D eigenvalue weighted by atomic mass is 127. The summed E-state index contributed by atoms with van der Waals surface area (Å²) in [5.74, 6) is 0. The molecule has 4 atom stereocenters. The third-order valence-corrected chi connectivity index (χ3v) is 3.91. The molecule has 9 heteroatoms. The van der Waals surface area contributed by atoms with Crippen LogP contribution in [0, 0.1) is 3.57 Å². The molecule has 0 aliphatic carbocycles. The highest BCUT2D eigenvalue weighted by Crippen LogP contribution is 2.32. The maximum atomic E-state index is 11.6. The molecule has 1 aliphatic rings. The first-order valence-corrected chi connectivity index (χ1v) is 6.56. The molecular formula is C9H10ClIN2O5. The van der Waals surface area contributed by atoms with E-state index in [-0.39, 0.29) is 0 Å². The number of aromatic amines is 1. The number of nitrogens with one attached hydrogen (secondary N) is 1.